The Morgan fingerprint density at radius 3 is 2.06 bits per heavy atom. The van der Waals surface area contributed by atoms with Crippen LogP contribution in [0, 0.1) is 11.3 Å². The predicted molar refractivity (Wildman–Crippen MR) is 46.5 cm³/mol. The van der Waals surface area contributed by atoms with Crippen LogP contribution in [0.15, 0.2) is 12.1 Å². The first kappa shape index (κ1) is 14.2. The molecule has 1 rings (SSSR count). The number of halogens is 4. The van der Waals surface area contributed by atoms with Crippen molar-refractivity contribution in [2.75, 3.05) is 0 Å². The SMILES string of the molecule is N#Cc1c([O-])cc(C(F)F)cc1C(F)F.[NH4+]. The number of benzene rings is 1. The molecule has 1 aromatic rings. The first-order chi connectivity index (χ1) is 6.97. The highest BCUT2D eigenvalue weighted by Crippen LogP contribution is 2.32. The summed E-state index contributed by atoms with van der Waals surface area (Å²) in [6.45, 7) is 0. The molecule has 0 aromatic heterocycles. The Labute approximate surface area is 88.5 Å². The number of hydrogen-bond donors (Lipinski definition) is 1. The lowest BCUT2D eigenvalue weighted by Crippen LogP contribution is -2.02. The standard InChI is InChI=1S/C9H5F4NO.H3N/c10-8(11)4-1-5(9(12)13)6(3-14)7(15)2-4;/h1-2,8-9,15H;1H3. The molecule has 7 heteroatoms. The molecule has 16 heavy (non-hydrogen) atoms. The lowest BCUT2D eigenvalue weighted by Gasteiger charge is -2.14. The van der Waals surface area contributed by atoms with Gasteiger partial charge in [0, 0.05) is 11.1 Å². The first-order valence-corrected chi connectivity index (χ1v) is 3.78. The summed E-state index contributed by atoms with van der Waals surface area (Å²) in [5.41, 5.74) is -2.52. The van der Waals surface area contributed by atoms with E-state index in [1.165, 1.54) is 6.07 Å². The molecule has 0 saturated carbocycles. The zero-order valence-electron chi connectivity index (χ0n) is 8.18. The molecule has 0 bridgehead atoms. The van der Waals surface area contributed by atoms with E-state index in [9.17, 15) is 22.7 Å². The maximum absolute atomic E-state index is 12.3. The normalized spacial score (nSPS) is 10.1. The Morgan fingerprint density at radius 2 is 1.69 bits per heavy atom. The summed E-state index contributed by atoms with van der Waals surface area (Å²) < 4.78 is 48.9. The van der Waals surface area contributed by atoms with Crippen molar-refractivity contribution in [2.45, 2.75) is 12.9 Å². The lowest BCUT2D eigenvalue weighted by molar-refractivity contribution is -0.269. The second-order valence-electron chi connectivity index (χ2n) is 2.70. The molecule has 0 fully saturated rings. The lowest BCUT2D eigenvalue weighted by atomic mass is 10.0. The maximum Gasteiger partial charge on any atom is 0.265 e. The van der Waals surface area contributed by atoms with Crippen LogP contribution in [0.25, 0.3) is 0 Å². The number of alkyl halides is 4. The average molecular weight is 236 g/mol. The first-order valence-electron chi connectivity index (χ1n) is 3.78. The number of nitriles is 1. The van der Waals surface area contributed by atoms with Crippen LogP contribution < -0.4 is 11.3 Å². The molecule has 0 heterocycles. The highest BCUT2D eigenvalue weighted by molar-refractivity contribution is 5.50. The molecule has 4 N–H and O–H groups in total. The topological polar surface area (TPSA) is 83.3 Å². The van der Waals surface area contributed by atoms with Gasteiger partial charge in [-0.05, 0) is 6.07 Å². The van der Waals surface area contributed by atoms with Crippen molar-refractivity contribution in [1.82, 2.24) is 6.15 Å². The summed E-state index contributed by atoms with van der Waals surface area (Å²) in [6, 6.07) is 2.25. The number of nitrogens with zero attached hydrogens (tertiary/aromatic N) is 1. The molecular formula is C9H8F4N2O. The van der Waals surface area contributed by atoms with E-state index < -0.39 is 35.3 Å². The summed E-state index contributed by atoms with van der Waals surface area (Å²) in [7, 11) is 0. The van der Waals surface area contributed by atoms with Gasteiger partial charge in [-0.3, -0.25) is 0 Å². The Kier molecular flexibility index (Phi) is 4.72. The third-order valence-electron chi connectivity index (χ3n) is 1.75. The van der Waals surface area contributed by atoms with Crippen LogP contribution >= 0.6 is 0 Å². The minimum absolute atomic E-state index is 0. The van der Waals surface area contributed by atoms with Gasteiger partial charge < -0.3 is 11.3 Å². The second-order valence-corrected chi connectivity index (χ2v) is 2.70. The van der Waals surface area contributed by atoms with Crippen molar-refractivity contribution in [3.05, 3.63) is 28.8 Å². The molecular weight excluding hydrogens is 228 g/mol. The van der Waals surface area contributed by atoms with Crippen LogP contribution in [0.5, 0.6) is 5.75 Å². The third kappa shape index (κ3) is 2.61. The molecule has 0 aliphatic rings. The van der Waals surface area contributed by atoms with Crippen molar-refractivity contribution < 1.29 is 22.7 Å². The van der Waals surface area contributed by atoms with Gasteiger partial charge in [0.1, 0.15) is 0 Å². The van der Waals surface area contributed by atoms with Crippen molar-refractivity contribution >= 4 is 0 Å². The minimum atomic E-state index is -3.12. The summed E-state index contributed by atoms with van der Waals surface area (Å²) >= 11 is 0. The monoisotopic (exact) mass is 236 g/mol. The molecule has 0 amide bonds. The van der Waals surface area contributed by atoms with E-state index in [0.29, 0.717) is 12.1 Å². The van der Waals surface area contributed by atoms with E-state index in [-0.39, 0.29) is 6.15 Å². The van der Waals surface area contributed by atoms with E-state index >= 15 is 0 Å². The van der Waals surface area contributed by atoms with Crippen LogP contribution in [-0.4, -0.2) is 0 Å². The zero-order valence-corrected chi connectivity index (χ0v) is 8.18. The Morgan fingerprint density at radius 1 is 1.12 bits per heavy atom. The number of quaternary nitrogens is 1. The van der Waals surface area contributed by atoms with Crippen molar-refractivity contribution in [3.8, 4) is 11.8 Å². The smallest absolute Gasteiger partial charge is 0.265 e. The quantitative estimate of drug-likeness (QED) is 0.800. The molecule has 0 spiro atoms. The highest BCUT2D eigenvalue weighted by atomic mass is 19.3. The number of rotatable bonds is 2. The molecule has 0 aliphatic carbocycles. The van der Waals surface area contributed by atoms with E-state index in [1.54, 1.807) is 0 Å². The fourth-order valence-corrected chi connectivity index (χ4v) is 1.08. The Bertz CT molecular complexity index is 415. The average Bonchev–Trinajstić information content (AvgIpc) is 2.16. The molecule has 0 saturated heterocycles. The largest absolute Gasteiger partial charge is 0.872 e. The molecule has 0 unspecified atom stereocenters. The fourth-order valence-electron chi connectivity index (χ4n) is 1.08. The minimum Gasteiger partial charge on any atom is -0.872 e. The van der Waals surface area contributed by atoms with E-state index in [1.807, 2.05) is 0 Å². The van der Waals surface area contributed by atoms with Crippen LogP contribution in [0.3, 0.4) is 0 Å². The van der Waals surface area contributed by atoms with Crippen molar-refractivity contribution in [2.24, 2.45) is 0 Å². The van der Waals surface area contributed by atoms with Gasteiger partial charge in [-0.25, -0.2) is 17.6 Å². The van der Waals surface area contributed by atoms with Gasteiger partial charge in [-0.1, -0.05) is 11.8 Å². The number of hydrogen-bond acceptors (Lipinski definition) is 2. The van der Waals surface area contributed by atoms with Crippen LogP contribution in [0.1, 0.15) is 29.5 Å². The zero-order chi connectivity index (χ0) is 11.6. The summed E-state index contributed by atoms with van der Waals surface area (Å²) in [4.78, 5) is 0. The predicted octanol–water partition coefficient (Wildman–Crippen LogP) is 2.88. The highest BCUT2D eigenvalue weighted by Gasteiger charge is 2.17. The van der Waals surface area contributed by atoms with Gasteiger partial charge in [-0.15, -0.1) is 0 Å². The second kappa shape index (κ2) is 5.32. The molecule has 3 nitrogen and oxygen atoms in total. The summed E-state index contributed by atoms with van der Waals surface area (Å²) in [5.74, 6) is -1.11. The molecule has 88 valence electrons. The van der Waals surface area contributed by atoms with E-state index in [2.05, 4.69) is 0 Å². The van der Waals surface area contributed by atoms with Gasteiger partial charge in [0.25, 0.3) is 12.9 Å². The molecule has 0 radical (unpaired) electrons. The van der Waals surface area contributed by atoms with Gasteiger partial charge in [-0.2, -0.15) is 5.26 Å². The Hall–Kier alpha value is -1.81. The third-order valence-corrected chi connectivity index (χ3v) is 1.75. The van der Waals surface area contributed by atoms with Crippen LogP contribution in [-0.2, 0) is 0 Å². The van der Waals surface area contributed by atoms with Gasteiger partial charge in [0.2, 0.25) is 0 Å². The van der Waals surface area contributed by atoms with E-state index in [0.717, 1.165) is 0 Å². The van der Waals surface area contributed by atoms with Gasteiger partial charge in [0.05, 0.1) is 11.6 Å². The molecule has 1 aromatic carbocycles. The summed E-state index contributed by atoms with van der Waals surface area (Å²) in [6.07, 6.45) is -6.13. The fraction of sp³-hybridized carbons (Fsp3) is 0.222. The van der Waals surface area contributed by atoms with Crippen molar-refractivity contribution in [1.29, 1.82) is 5.26 Å². The van der Waals surface area contributed by atoms with Gasteiger partial charge >= 0.3 is 0 Å². The maximum atomic E-state index is 12.3. The molecule has 0 atom stereocenters. The van der Waals surface area contributed by atoms with E-state index in [4.69, 9.17) is 5.26 Å². The van der Waals surface area contributed by atoms with Gasteiger partial charge in [0.15, 0.2) is 0 Å². The molecule has 0 aliphatic heterocycles. The summed E-state index contributed by atoms with van der Waals surface area (Å²) in [5, 5.41) is 19.4. The van der Waals surface area contributed by atoms with Crippen molar-refractivity contribution in [3.63, 3.8) is 0 Å². The Balaban J connectivity index is 0.00000225. The van der Waals surface area contributed by atoms with Crippen LogP contribution in [0.4, 0.5) is 17.6 Å². The van der Waals surface area contributed by atoms with Crippen LogP contribution in [0.2, 0.25) is 0 Å².